The number of nitrogens with zero attached hydrogens (tertiary/aromatic N) is 2. The van der Waals surface area contributed by atoms with E-state index in [-0.39, 0.29) is 5.56 Å². The minimum atomic E-state index is -0.912. The molecule has 1 aliphatic heterocycles. The smallest absolute Gasteiger partial charge is 0.337 e. The molecule has 2 atom stereocenters. The molecule has 1 fully saturated rings. The lowest BCUT2D eigenvalue weighted by Crippen LogP contribution is -2.21. The van der Waals surface area contributed by atoms with Crippen LogP contribution < -0.4 is 4.90 Å². The lowest BCUT2D eigenvalue weighted by Gasteiger charge is -2.18. The van der Waals surface area contributed by atoms with Gasteiger partial charge in [0.1, 0.15) is 5.82 Å². The third-order valence-electron chi connectivity index (χ3n) is 3.61. The van der Waals surface area contributed by atoms with Crippen molar-refractivity contribution in [2.45, 2.75) is 20.8 Å². The Bertz CT molecular complexity index is 435. The minimum absolute atomic E-state index is 0.286. The molecule has 0 spiro atoms. The van der Waals surface area contributed by atoms with Crippen molar-refractivity contribution >= 4 is 11.8 Å². The molecule has 0 amide bonds. The molecule has 1 aromatic rings. The van der Waals surface area contributed by atoms with Crippen LogP contribution in [0.3, 0.4) is 0 Å². The van der Waals surface area contributed by atoms with Crippen LogP contribution >= 0.6 is 0 Å². The van der Waals surface area contributed by atoms with Crippen LogP contribution in [0, 0.1) is 18.8 Å². The quantitative estimate of drug-likeness (QED) is 0.852. The van der Waals surface area contributed by atoms with Gasteiger partial charge in [0.15, 0.2) is 0 Å². The molecule has 0 bridgehead atoms. The van der Waals surface area contributed by atoms with Gasteiger partial charge in [-0.15, -0.1) is 0 Å². The van der Waals surface area contributed by atoms with Crippen LogP contribution in [0.4, 0.5) is 5.82 Å². The lowest BCUT2D eigenvalue weighted by atomic mass is 10.0. The zero-order valence-corrected chi connectivity index (χ0v) is 10.5. The fourth-order valence-electron chi connectivity index (χ4n) is 2.27. The summed E-state index contributed by atoms with van der Waals surface area (Å²) < 4.78 is 0. The number of pyridine rings is 1. The molecule has 0 aromatic carbocycles. The van der Waals surface area contributed by atoms with Crippen LogP contribution in [0.25, 0.3) is 0 Å². The second-order valence-electron chi connectivity index (χ2n) is 4.97. The maximum absolute atomic E-state index is 10.9. The number of aromatic nitrogens is 1. The fourth-order valence-corrected chi connectivity index (χ4v) is 2.27. The van der Waals surface area contributed by atoms with Crippen molar-refractivity contribution in [3.8, 4) is 0 Å². The van der Waals surface area contributed by atoms with Gasteiger partial charge >= 0.3 is 5.97 Å². The van der Waals surface area contributed by atoms with Gasteiger partial charge in [0.25, 0.3) is 0 Å². The molecule has 1 aliphatic rings. The van der Waals surface area contributed by atoms with Crippen LogP contribution in [-0.2, 0) is 0 Å². The predicted molar refractivity (Wildman–Crippen MR) is 66.5 cm³/mol. The summed E-state index contributed by atoms with van der Waals surface area (Å²) in [5, 5.41) is 8.95. The van der Waals surface area contributed by atoms with E-state index in [0.717, 1.165) is 18.9 Å². The van der Waals surface area contributed by atoms with E-state index in [1.807, 2.05) is 0 Å². The molecule has 2 unspecified atom stereocenters. The summed E-state index contributed by atoms with van der Waals surface area (Å²) in [4.78, 5) is 17.5. The molecular formula is C13H18N2O2. The number of hydrogen-bond donors (Lipinski definition) is 1. The maximum atomic E-state index is 10.9. The number of carbonyl (C=O) groups is 1. The molecule has 4 heteroatoms. The van der Waals surface area contributed by atoms with Gasteiger partial charge in [-0.25, -0.2) is 9.78 Å². The van der Waals surface area contributed by atoms with Crippen LogP contribution in [0.5, 0.6) is 0 Å². The summed E-state index contributed by atoms with van der Waals surface area (Å²) in [5.41, 5.74) is 0.872. The molecule has 17 heavy (non-hydrogen) atoms. The number of rotatable bonds is 2. The molecule has 2 rings (SSSR count). The van der Waals surface area contributed by atoms with Crippen LogP contribution in [0.15, 0.2) is 12.1 Å². The van der Waals surface area contributed by atoms with E-state index in [0.29, 0.717) is 17.5 Å². The van der Waals surface area contributed by atoms with E-state index < -0.39 is 5.97 Å². The first kappa shape index (κ1) is 11.9. The molecule has 2 heterocycles. The highest BCUT2D eigenvalue weighted by Crippen LogP contribution is 2.26. The van der Waals surface area contributed by atoms with Crippen LogP contribution in [0.1, 0.15) is 29.9 Å². The normalized spacial score (nSPS) is 24.1. The molecule has 1 N–H and O–H groups in total. The summed E-state index contributed by atoms with van der Waals surface area (Å²) in [6.45, 7) is 8.22. The molecule has 1 aromatic heterocycles. The molecule has 1 saturated heterocycles. The highest BCUT2D eigenvalue weighted by Gasteiger charge is 2.27. The molecule has 92 valence electrons. The number of hydrogen-bond acceptors (Lipinski definition) is 3. The Balaban J connectivity index is 2.24. The van der Waals surface area contributed by atoms with E-state index in [1.165, 1.54) is 0 Å². The number of aryl methyl sites for hydroxylation is 1. The summed E-state index contributed by atoms with van der Waals surface area (Å²) >= 11 is 0. The second-order valence-corrected chi connectivity index (χ2v) is 4.97. The van der Waals surface area contributed by atoms with Crippen molar-refractivity contribution in [3.63, 3.8) is 0 Å². The maximum Gasteiger partial charge on any atom is 0.337 e. The summed E-state index contributed by atoms with van der Waals surface area (Å²) in [7, 11) is 0. The van der Waals surface area contributed by atoms with E-state index in [4.69, 9.17) is 5.11 Å². The highest BCUT2D eigenvalue weighted by molar-refractivity contribution is 5.89. The second kappa shape index (κ2) is 4.35. The molecule has 0 aliphatic carbocycles. The molecule has 0 saturated carbocycles. The SMILES string of the molecule is Cc1nc(N2CC(C)C(C)C2)ccc1C(=O)O. The number of carboxylic acids is 1. The van der Waals surface area contributed by atoms with Crippen molar-refractivity contribution in [3.05, 3.63) is 23.4 Å². The average Bonchev–Trinajstić information content (AvgIpc) is 2.58. The third-order valence-corrected chi connectivity index (χ3v) is 3.61. The van der Waals surface area contributed by atoms with Crippen molar-refractivity contribution in [1.82, 2.24) is 4.98 Å². The number of carboxylic acid groups (broad SMARTS) is 1. The van der Waals surface area contributed by atoms with Gasteiger partial charge in [0.05, 0.1) is 11.3 Å². The Kier molecular flexibility index (Phi) is 3.05. The summed E-state index contributed by atoms with van der Waals surface area (Å²) in [6, 6.07) is 3.45. The van der Waals surface area contributed by atoms with Gasteiger partial charge in [0, 0.05) is 13.1 Å². The van der Waals surface area contributed by atoms with Gasteiger partial charge < -0.3 is 10.0 Å². The van der Waals surface area contributed by atoms with Gasteiger partial charge in [-0.3, -0.25) is 0 Å². The summed E-state index contributed by atoms with van der Waals surface area (Å²) in [5.74, 6) is 1.31. The Morgan fingerprint density at radius 1 is 1.35 bits per heavy atom. The number of aromatic carboxylic acids is 1. The van der Waals surface area contributed by atoms with Gasteiger partial charge in [-0.05, 0) is 30.9 Å². The number of anilines is 1. The highest BCUT2D eigenvalue weighted by atomic mass is 16.4. The molecular weight excluding hydrogens is 216 g/mol. The Morgan fingerprint density at radius 3 is 2.41 bits per heavy atom. The minimum Gasteiger partial charge on any atom is -0.478 e. The van der Waals surface area contributed by atoms with Crippen LogP contribution in [0.2, 0.25) is 0 Å². The first-order valence-electron chi connectivity index (χ1n) is 5.95. The molecule has 0 radical (unpaired) electrons. The predicted octanol–water partition coefficient (Wildman–Crippen LogP) is 2.18. The topological polar surface area (TPSA) is 53.4 Å². The largest absolute Gasteiger partial charge is 0.478 e. The Morgan fingerprint density at radius 2 is 1.94 bits per heavy atom. The zero-order valence-electron chi connectivity index (χ0n) is 10.5. The van der Waals surface area contributed by atoms with E-state index >= 15 is 0 Å². The Labute approximate surface area is 101 Å². The van der Waals surface area contributed by atoms with Crippen molar-refractivity contribution in [2.24, 2.45) is 11.8 Å². The lowest BCUT2D eigenvalue weighted by molar-refractivity contribution is 0.0695. The average molecular weight is 234 g/mol. The monoisotopic (exact) mass is 234 g/mol. The van der Waals surface area contributed by atoms with Gasteiger partial charge in [0.2, 0.25) is 0 Å². The van der Waals surface area contributed by atoms with E-state index in [1.54, 1.807) is 19.1 Å². The Hall–Kier alpha value is -1.58. The first-order valence-corrected chi connectivity index (χ1v) is 5.95. The standard InChI is InChI=1S/C13H18N2O2/c1-8-6-15(7-9(8)2)12-5-4-11(13(16)17)10(3)14-12/h4-5,8-9H,6-7H2,1-3H3,(H,16,17). The van der Waals surface area contributed by atoms with Gasteiger partial charge in [-0.1, -0.05) is 13.8 Å². The fraction of sp³-hybridized carbons (Fsp3) is 0.538. The zero-order chi connectivity index (χ0) is 12.6. The van der Waals surface area contributed by atoms with Crippen molar-refractivity contribution in [2.75, 3.05) is 18.0 Å². The van der Waals surface area contributed by atoms with E-state index in [2.05, 4.69) is 23.7 Å². The van der Waals surface area contributed by atoms with Crippen LogP contribution in [-0.4, -0.2) is 29.1 Å². The third kappa shape index (κ3) is 2.25. The molecule has 4 nitrogen and oxygen atoms in total. The van der Waals surface area contributed by atoms with Gasteiger partial charge in [-0.2, -0.15) is 0 Å². The van der Waals surface area contributed by atoms with Crippen molar-refractivity contribution < 1.29 is 9.90 Å². The summed E-state index contributed by atoms with van der Waals surface area (Å²) in [6.07, 6.45) is 0. The first-order chi connectivity index (χ1) is 7.99. The van der Waals surface area contributed by atoms with E-state index in [9.17, 15) is 4.79 Å². The van der Waals surface area contributed by atoms with Crippen molar-refractivity contribution in [1.29, 1.82) is 0 Å².